The highest BCUT2D eigenvalue weighted by molar-refractivity contribution is 9.10. The van der Waals surface area contributed by atoms with E-state index in [0.29, 0.717) is 23.6 Å². The van der Waals surface area contributed by atoms with Crippen LogP contribution in [0.3, 0.4) is 0 Å². The first-order valence-corrected chi connectivity index (χ1v) is 5.76. The average Bonchev–Trinajstić information content (AvgIpc) is 2.64. The van der Waals surface area contributed by atoms with Crippen LogP contribution in [0.15, 0.2) is 26.0 Å². The van der Waals surface area contributed by atoms with Crippen molar-refractivity contribution in [1.82, 2.24) is 9.97 Å². The Hall–Kier alpha value is -1.36. The van der Waals surface area contributed by atoms with E-state index in [1.54, 1.807) is 12.3 Å². The molecule has 2 aromatic heterocycles. The van der Waals surface area contributed by atoms with Gasteiger partial charge in [0.25, 0.3) is 5.56 Å². The molecule has 0 aromatic carbocycles. The monoisotopic (exact) mass is 282 g/mol. The lowest BCUT2D eigenvalue weighted by Crippen LogP contribution is -2.16. The number of aryl methyl sites for hydroxylation is 1. The fourth-order valence-corrected chi connectivity index (χ4v) is 1.99. The molecular weight excluding hydrogens is 272 g/mol. The third-order valence-electron chi connectivity index (χ3n) is 2.41. The standard InChI is InChI=1S/C11H11BrN2O2/c1-3-7-6(2)13-10(14-11(7)15)9-8(12)4-5-16-9/h4-5H,3H2,1-2H3,(H,13,14,15). The van der Waals surface area contributed by atoms with Gasteiger partial charge in [0.05, 0.1) is 10.7 Å². The van der Waals surface area contributed by atoms with Crippen LogP contribution in [-0.2, 0) is 6.42 Å². The van der Waals surface area contributed by atoms with Gasteiger partial charge < -0.3 is 9.40 Å². The Morgan fingerprint density at radius 1 is 1.56 bits per heavy atom. The lowest BCUT2D eigenvalue weighted by Gasteiger charge is -2.03. The van der Waals surface area contributed by atoms with Crippen molar-refractivity contribution in [2.45, 2.75) is 20.3 Å². The summed E-state index contributed by atoms with van der Waals surface area (Å²) in [6.45, 7) is 3.76. The first-order valence-electron chi connectivity index (χ1n) is 4.96. The predicted octanol–water partition coefficient (Wildman–Crippen LogP) is 2.66. The van der Waals surface area contributed by atoms with E-state index in [0.717, 1.165) is 10.2 Å². The molecule has 0 aliphatic carbocycles. The van der Waals surface area contributed by atoms with Crippen LogP contribution < -0.4 is 5.56 Å². The van der Waals surface area contributed by atoms with Crippen LogP contribution in [0.1, 0.15) is 18.2 Å². The van der Waals surface area contributed by atoms with Gasteiger partial charge in [0.2, 0.25) is 0 Å². The minimum absolute atomic E-state index is 0.103. The average molecular weight is 283 g/mol. The van der Waals surface area contributed by atoms with E-state index >= 15 is 0 Å². The number of furan rings is 1. The minimum atomic E-state index is -0.103. The molecule has 0 atom stereocenters. The van der Waals surface area contributed by atoms with Crippen molar-refractivity contribution in [2.75, 3.05) is 0 Å². The van der Waals surface area contributed by atoms with Gasteiger partial charge in [-0.25, -0.2) is 4.98 Å². The second-order valence-electron chi connectivity index (χ2n) is 3.43. The maximum Gasteiger partial charge on any atom is 0.254 e. The molecule has 0 radical (unpaired) electrons. The summed E-state index contributed by atoms with van der Waals surface area (Å²) in [5.41, 5.74) is 1.35. The fourth-order valence-electron chi connectivity index (χ4n) is 1.60. The number of nitrogens with zero attached hydrogens (tertiary/aromatic N) is 1. The van der Waals surface area contributed by atoms with Gasteiger partial charge in [0, 0.05) is 11.3 Å². The van der Waals surface area contributed by atoms with E-state index in [9.17, 15) is 4.79 Å². The summed E-state index contributed by atoms with van der Waals surface area (Å²) in [6.07, 6.45) is 2.22. The second kappa shape index (κ2) is 4.25. The van der Waals surface area contributed by atoms with Crippen LogP contribution in [0.5, 0.6) is 0 Å². The Morgan fingerprint density at radius 3 is 2.81 bits per heavy atom. The Morgan fingerprint density at radius 2 is 2.31 bits per heavy atom. The molecule has 0 spiro atoms. The summed E-state index contributed by atoms with van der Waals surface area (Å²) in [5, 5.41) is 0. The van der Waals surface area contributed by atoms with Crippen molar-refractivity contribution in [2.24, 2.45) is 0 Å². The number of aromatic nitrogens is 2. The number of aromatic amines is 1. The Bertz CT molecular complexity index is 572. The largest absolute Gasteiger partial charge is 0.460 e. The molecule has 5 heteroatoms. The molecule has 0 aliphatic heterocycles. The second-order valence-corrected chi connectivity index (χ2v) is 4.28. The molecule has 84 valence electrons. The number of halogens is 1. The summed E-state index contributed by atoms with van der Waals surface area (Å²) in [4.78, 5) is 18.8. The van der Waals surface area contributed by atoms with Crippen LogP contribution in [-0.4, -0.2) is 9.97 Å². The SMILES string of the molecule is CCc1c(C)nc(-c2occc2Br)[nH]c1=O. The molecule has 0 amide bonds. The summed E-state index contributed by atoms with van der Waals surface area (Å²) >= 11 is 3.33. The van der Waals surface area contributed by atoms with Crippen molar-refractivity contribution in [3.8, 4) is 11.6 Å². The van der Waals surface area contributed by atoms with Crippen LogP contribution in [0.25, 0.3) is 11.6 Å². The summed E-state index contributed by atoms with van der Waals surface area (Å²) in [7, 11) is 0. The highest BCUT2D eigenvalue weighted by Gasteiger charge is 2.12. The molecule has 2 heterocycles. The smallest absolute Gasteiger partial charge is 0.254 e. The van der Waals surface area contributed by atoms with E-state index < -0.39 is 0 Å². The Kier molecular flexibility index (Phi) is 2.96. The van der Waals surface area contributed by atoms with E-state index in [1.807, 2.05) is 13.8 Å². The van der Waals surface area contributed by atoms with E-state index in [4.69, 9.17) is 4.42 Å². The van der Waals surface area contributed by atoms with Gasteiger partial charge in [-0.05, 0) is 35.3 Å². The molecule has 0 saturated carbocycles. The van der Waals surface area contributed by atoms with Crippen molar-refractivity contribution < 1.29 is 4.42 Å². The minimum Gasteiger partial charge on any atom is -0.460 e. The predicted molar refractivity (Wildman–Crippen MR) is 64.4 cm³/mol. The molecule has 2 aromatic rings. The van der Waals surface area contributed by atoms with Crippen molar-refractivity contribution in [1.29, 1.82) is 0 Å². The summed E-state index contributed by atoms with van der Waals surface area (Å²) in [6, 6.07) is 1.76. The molecule has 1 N–H and O–H groups in total. The van der Waals surface area contributed by atoms with Crippen LogP contribution in [0.2, 0.25) is 0 Å². The summed E-state index contributed by atoms with van der Waals surface area (Å²) < 4.78 is 6.03. The zero-order valence-corrected chi connectivity index (χ0v) is 10.6. The van der Waals surface area contributed by atoms with Gasteiger partial charge in [0.15, 0.2) is 11.6 Å². The topological polar surface area (TPSA) is 58.9 Å². The fraction of sp³-hybridized carbons (Fsp3) is 0.273. The van der Waals surface area contributed by atoms with Crippen molar-refractivity contribution in [3.63, 3.8) is 0 Å². The maximum atomic E-state index is 11.7. The van der Waals surface area contributed by atoms with Gasteiger partial charge in [-0.1, -0.05) is 6.92 Å². The normalized spacial score (nSPS) is 10.7. The third-order valence-corrected chi connectivity index (χ3v) is 3.03. The lowest BCUT2D eigenvalue weighted by molar-refractivity contribution is 0.575. The highest BCUT2D eigenvalue weighted by Crippen LogP contribution is 2.26. The molecular formula is C11H11BrN2O2. The van der Waals surface area contributed by atoms with Gasteiger partial charge in [-0.2, -0.15) is 0 Å². The van der Waals surface area contributed by atoms with Crippen molar-refractivity contribution in [3.05, 3.63) is 38.4 Å². The van der Waals surface area contributed by atoms with Gasteiger partial charge in [-0.15, -0.1) is 0 Å². The van der Waals surface area contributed by atoms with Gasteiger partial charge >= 0.3 is 0 Å². The Labute approximate surface area is 101 Å². The first-order chi connectivity index (χ1) is 7.63. The molecule has 2 rings (SSSR count). The number of H-pyrrole nitrogens is 1. The number of nitrogens with one attached hydrogen (secondary N) is 1. The van der Waals surface area contributed by atoms with E-state index in [2.05, 4.69) is 25.9 Å². The molecule has 0 aliphatic rings. The van der Waals surface area contributed by atoms with Crippen LogP contribution >= 0.6 is 15.9 Å². The summed E-state index contributed by atoms with van der Waals surface area (Å²) in [5.74, 6) is 0.999. The number of rotatable bonds is 2. The lowest BCUT2D eigenvalue weighted by atomic mass is 10.2. The van der Waals surface area contributed by atoms with Gasteiger partial charge in [0.1, 0.15) is 0 Å². The van der Waals surface area contributed by atoms with E-state index in [1.165, 1.54) is 0 Å². The quantitative estimate of drug-likeness (QED) is 0.921. The zero-order valence-electron chi connectivity index (χ0n) is 9.00. The molecule has 16 heavy (non-hydrogen) atoms. The number of hydrogen-bond acceptors (Lipinski definition) is 3. The number of hydrogen-bond donors (Lipinski definition) is 1. The maximum absolute atomic E-state index is 11.7. The van der Waals surface area contributed by atoms with E-state index in [-0.39, 0.29) is 5.56 Å². The first kappa shape index (κ1) is 11.1. The van der Waals surface area contributed by atoms with Crippen molar-refractivity contribution >= 4 is 15.9 Å². The zero-order chi connectivity index (χ0) is 11.7. The molecule has 0 bridgehead atoms. The highest BCUT2D eigenvalue weighted by atomic mass is 79.9. The molecule has 4 nitrogen and oxygen atoms in total. The van der Waals surface area contributed by atoms with Crippen LogP contribution in [0, 0.1) is 6.92 Å². The molecule has 0 saturated heterocycles. The van der Waals surface area contributed by atoms with Gasteiger partial charge in [-0.3, -0.25) is 4.79 Å². The Balaban J connectivity index is 2.61. The third kappa shape index (κ3) is 1.82. The van der Waals surface area contributed by atoms with Crippen LogP contribution in [0.4, 0.5) is 0 Å². The molecule has 0 fully saturated rings. The molecule has 0 unspecified atom stereocenters.